The SMILES string of the molecule is CN(Cc1ncc[nH]1)S(=O)(=O)Cc1cccc(C#N)c1. The molecule has 2 aromatic rings. The highest BCUT2D eigenvalue weighted by Gasteiger charge is 2.19. The highest BCUT2D eigenvalue weighted by Crippen LogP contribution is 2.12. The molecule has 0 amide bonds. The van der Waals surface area contributed by atoms with Gasteiger partial charge >= 0.3 is 0 Å². The molecule has 0 aliphatic carbocycles. The van der Waals surface area contributed by atoms with Gasteiger partial charge in [0.2, 0.25) is 10.0 Å². The van der Waals surface area contributed by atoms with Gasteiger partial charge in [-0.15, -0.1) is 0 Å². The summed E-state index contributed by atoms with van der Waals surface area (Å²) in [5.74, 6) is 0.446. The minimum atomic E-state index is -3.45. The molecule has 104 valence electrons. The van der Waals surface area contributed by atoms with Crippen molar-refractivity contribution in [2.24, 2.45) is 0 Å². The van der Waals surface area contributed by atoms with Gasteiger partial charge in [-0.1, -0.05) is 12.1 Å². The van der Waals surface area contributed by atoms with Gasteiger partial charge in [0.25, 0.3) is 0 Å². The van der Waals surface area contributed by atoms with Crippen LogP contribution in [0.5, 0.6) is 0 Å². The van der Waals surface area contributed by atoms with Crippen LogP contribution < -0.4 is 0 Å². The number of aromatic amines is 1. The number of benzene rings is 1. The summed E-state index contributed by atoms with van der Waals surface area (Å²) in [6.45, 7) is 0.188. The Morgan fingerprint density at radius 2 is 2.25 bits per heavy atom. The normalized spacial score (nSPS) is 11.4. The molecule has 7 heteroatoms. The van der Waals surface area contributed by atoms with Gasteiger partial charge in [0.15, 0.2) is 0 Å². The quantitative estimate of drug-likeness (QED) is 0.897. The number of hydrogen-bond acceptors (Lipinski definition) is 4. The van der Waals surface area contributed by atoms with Crippen molar-refractivity contribution >= 4 is 10.0 Å². The summed E-state index contributed by atoms with van der Waals surface area (Å²) >= 11 is 0. The average Bonchev–Trinajstić information content (AvgIpc) is 2.91. The van der Waals surface area contributed by atoms with E-state index in [1.54, 1.807) is 36.7 Å². The second-order valence-electron chi connectivity index (χ2n) is 4.36. The van der Waals surface area contributed by atoms with Gasteiger partial charge in [0, 0.05) is 19.4 Å². The lowest BCUT2D eigenvalue weighted by molar-refractivity contribution is 0.457. The Bertz CT molecular complexity index is 717. The molecular formula is C13H14N4O2S. The van der Waals surface area contributed by atoms with Crippen LogP contribution in [0.4, 0.5) is 0 Å². The van der Waals surface area contributed by atoms with E-state index in [1.165, 1.54) is 11.4 Å². The van der Waals surface area contributed by atoms with E-state index in [9.17, 15) is 8.42 Å². The van der Waals surface area contributed by atoms with Crippen molar-refractivity contribution in [3.05, 3.63) is 53.6 Å². The van der Waals surface area contributed by atoms with Crippen LogP contribution in [0.25, 0.3) is 0 Å². The Morgan fingerprint density at radius 1 is 1.45 bits per heavy atom. The Labute approximate surface area is 117 Å². The molecule has 0 atom stereocenters. The standard InChI is InChI=1S/C13H14N4O2S/c1-17(9-13-15-5-6-16-13)20(18,19)10-12-4-2-3-11(7-12)8-14/h2-7H,9-10H2,1H3,(H,15,16). The maximum Gasteiger partial charge on any atom is 0.218 e. The van der Waals surface area contributed by atoms with Gasteiger partial charge in [-0.2, -0.15) is 9.57 Å². The fourth-order valence-electron chi connectivity index (χ4n) is 1.75. The van der Waals surface area contributed by atoms with Crippen LogP contribution in [0.3, 0.4) is 0 Å². The van der Waals surface area contributed by atoms with Crippen LogP contribution in [0.2, 0.25) is 0 Å². The van der Waals surface area contributed by atoms with Crippen LogP contribution in [0, 0.1) is 11.3 Å². The van der Waals surface area contributed by atoms with Crippen molar-refractivity contribution in [2.45, 2.75) is 12.3 Å². The molecule has 0 bridgehead atoms. The minimum Gasteiger partial charge on any atom is -0.347 e. The second-order valence-corrected chi connectivity index (χ2v) is 6.44. The number of nitrogens with zero attached hydrogens (tertiary/aromatic N) is 3. The molecule has 0 fully saturated rings. The topological polar surface area (TPSA) is 89.8 Å². The summed E-state index contributed by atoms with van der Waals surface area (Å²) < 4.78 is 25.7. The van der Waals surface area contributed by atoms with E-state index in [0.717, 1.165) is 0 Å². The molecule has 0 unspecified atom stereocenters. The molecule has 6 nitrogen and oxygen atoms in total. The number of rotatable bonds is 5. The first-order valence-electron chi connectivity index (χ1n) is 5.92. The number of H-pyrrole nitrogens is 1. The zero-order chi connectivity index (χ0) is 14.6. The summed E-state index contributed by atoms with van der Waals surface area (Å²) in [4.78, 5) is 6.86. The lowest BCUT2D eigenvalue weighted by Gasteiger charge is -2.16. The van der Waals surface area contributed by atoms with E-state index in [-0.39, 0.29) is 12.3 Å². The first kappa shape index (κ1) is 14.2. The van der Waals surface area contributed by atoms with Gasteiger partial charge in [0.05, 0.1) is 23.9 Å². The molecule has 0 saturated heterocycles. The van der Waals surface area contributed by atoms with E-state index in [2.05, 4.69) is 9.97 Å². The summed E-state index contributed by atoms with van der Waals surface area (Å²) in [5.41, 5.74) is 1.04. The van der Waals surface area contributed by atoms with Crippen molar-refractivity contribution < 1.29 is 8.42 Å². The second kappa shape index (κ2) is 5.86. The smallest absolute Gasteiger partial charge is 0.218 e. The minimum absolute atomic E-state index is 0.139. The Hall–Kier alpha value is -2.17. The Morgan fingerprint density at radius 3 is 2.90 bits per heavy atom. The van der Waals surface area contributed by atoms with Crippen molar-refractivity contribution in [3.63, 3.8) is 0 Å². The van der Waals surface area contributed by atoms with Crippen molar-refractivity contribution in [1.82, 2.24) is 14.3 Å². The number of nitrogens with one attached hydrogen (secondary N) is 1. The fraction of sp³-hybridized carbons (Fsp3) is 0.231. The average molecular weight is 290 g/mol. The largest absolute Gasteiger partial charge is 0.347 e. The lowest BCUT2D eigenvalue weighted by Crippen LogP contribution is -2.28. The number of imidazole rings is 1. The number of nitriles is 1. The van der Waals surface area contributed by atoms with Crippen molar-refractivity contribution in [1.29, 1.82) is 5.26 Å². The highest BCUT2D eigenvalue weighted by molar-refractivity contribution is 7.88. The summed E-state index contributed by atoms with van der Waals surface area (Å²) in [5, 5.41) is 8.82. The maximum atomic E-state index is 12.2. The third kappa shape index (κ3) is 3.44. The van der Waals surface area contributed by atoms with E-state index in [4.69, 9.17) is 5.26 Å². The van der Waals surface area contributed by atoms with Gasteiger partial charge in [-0.05, 0) is 17.7 Å². The first-order valence-corrected chi connectivity index (χ1v) is 7.53. The van der Waals surface area contributed by atoms with Crippen LogP contribution in [-0.2, 0) is 22.3 Å². The number of sulfonamides is 1. The van der Waals surface area contributed by atoms with Crippen molar-refractivity contribution in [3.8, 4) is 6.07 Å². The molecule has 0 saturated carbocycles. The number of aromatic nitrogens is 2. The van der Waals surface area contributed by atoms with E-state index in [1.807, 2.05) is 6.07 Å². The van der Waals surface area contributed by atoms with Crippen LogP contribution in [0.1, 0.15) is 17.0 Å². The molecule has 0 radical (unpaired) electrons. The summed E-state index contributed by atoms with van der Waals surface area (Å²) in [6.07, 6.45) is 3.22. The predicted molar refractivity (Wildman–Crippen MR) is 73.8 cm³/mol. The summed E-state index contributed by atoms with van der Waals surface area (Å²) in [7, 11) is -1.94. The van der Waals surface area contributed by atoms with Crippen LogP contribution in [-0.4, -0.2) is 29.7 Å². The monoisotopic (exact) mass is 290 g/mol. The maximum absolute atomic E-state index is 12.2. The molecule has 1 N–H and O–H groups in total. The van der Waals surface area contributed by atoms with Gasteiger partial charge in [0.1, 0.15) is 5.82 Å². The van der Waals surface area contributed by atoms with E-state index in [0.29, 0.717) is 17.0 Å². The third-order valence-corrected chi connectivity index (χ3v) is 4.58. The first-order chi connectivity index (χ1) is 9.51. The third-order valence-electron chi connectivity index (χ3n) is 2.81. The van der Waals surface area contributed by atoms with E-state index < -0.39 is 10.0 Å². The fourth-order valence-corrected chi connectivity index (χ4v) is 2.89. The number of hydrogen-bond donors (Lipinski definition) is 1. The molecule has 2 rings (SSSR count). The molecule has 0 spiro atoms. The lowest BCUT2D eigenvalue weighted by atomic mass is 10.2. The van der Waals surface area contributed by atoms with Crippen LogP contribution in [0.15, 0.2) is 36.7 Å². The molecule has 1 aromatic heterocycles. The Kier molecular flexibility index (Phi) is 4.17. The van der Waals surface area contributed by atoms with Gasteiger partial charge in [-0.3, -0.25) is 0 Å². The van der Waals surface area contributed by atoms with Crippen LogP contribution >= 0.6 is 0 Å². The Balaban J connectivity index is 2.12. The molecule has 1 aromatic carbocycles. The highest BCUT2D eigenvalue weighted by atomic mass is 32.2. The molecule has 20 heavy (non-hydrogen) atoms. The predicted octanol–water partition coefficient (Wildman–Crippen LogP) is 1.24. The molecular weight excluding hydrogens is 276 g/mol. The van der Waals surface area contributed by atoms with Gasteiger partial charge in [-0.25, -0.2) is 13.4 Å². The zero-order valence-electron chi connectivity index (χ0n) is 10.9. The molecule has 1 heterocycles. The molecule has 0 aliphatic rings. The zero-order valence-corrected chi connectivity index (χ0v) is 11.8. The summed E-state index contributed by atoms with van der Waals surface area (Å²) in [6, 6.07) is 8.59. The molecule has 0 aliphatic heterocycles. The van der Waals surface area contributed by atoms with Crippen molar-refractivity contribution in [2.75, 3.05) is 7.05 Å². The van der Waals surface area contributed by atoms with Gasteiger partial charge < -0.3 is 4.98 Å². The van der Waals surface area contributed by atoms with E-state index >= 15 is 0 Å².